The average molecular weight is 1270 g/mol. The van der Waals surface area contributed by atoms with Crippen LogP contribution in [0, 0.1) is 0 Å². The van der Waals surface area contributed by atoms with Crippen molar-refractivity contribution in [1.29, 1.82) is 0 Å². The highest BCUT2D eigenvalue weighted by molar-refractivity contribution is 6.13. The second-order valence-corrected chi connectivity index (χ2v) is 26.2. The van der Waals surface area contributed by atoms with Gasteiger partial charge in [0, 0.05) is 106 Å². The second kappa shape index (κ2) is 23.1. The van der Waals surface area contributed by atoms with E-state index in [4.69, 9.17) is 9.97 Å². The first-order chi connectivity index (χ1) is 48.9. The number of benzene rings is 14. The molecule has 1 aliphatic carbocycles. The molecule has 0 amide bonds. The number of para-hydroxylation sites is 9. The number of hydrogen-bond acceptors (Lipinski definition) is 5. The Morgan fingerprint density at radius 1 is 0.253 bits per heavy atom. The number of aromatic nitrogens is 5. The summed E-state index contributed by atoms with van der Waals surface area (Å²) < 4.78 is 7.12. The van der Waals surface area contributed by atoms with Crippen LogP contribution in [-0.4, -0.2) is 23.7 Å². The van der Waals surface area contributed by atoms with E-state index in [1.165, 1.54) is 49.4 Å². The lowest BCUT2D eigenvalue weighted by Crippen LogP contribution is -2.18. The number of nitrogens with zero attached hydrogens (tertiary/aromatic N) is 8. The zero-order chi connectivity index (χ0) is 65.7. The molecule has 0 bridgehead atoms. The molecule has 0 N–H and O–H groups in total. The summed E-state index contributed by atoms with van der Waals surface area (Å²) in [5.74, 6) is 1.24. The molecular formula is C91H64N8. The molecule has 14 aromatic carbocycles. The van der Waals surface area contributed by atoms with Crippen LogP contribution >= 0.6 is 0 Å². The Hall–Kier alpha value is -13.0. The van der Waals surface area contributed by atoms with E-state index in [0.717, 1.165) is 106 Å². The van der Waals surface area contributed by atoms with Gasteiger partial charge in [-0.2, -0.15) is 4.98 Å². The summed E-state index contributed by atoms with van der Waals surface area (Å²) in [7, 11) is 0. The normalized spacial score (nSPS) is 12.4. The lowest BCUT2D eigenvalue weighted by molar-refractivity contribution is 0.660. The van der Waals surface area contributed by atoms with Gasteiger partial charge in [0.15, 0.2) is 0 Å². The first kappa shape index (κ1) is 57.4. The van der Waals surface area contributed by atoms with Gasteiger partial charge >= 0.3 is 0 Å². The zero-order valence-electron chi connectivity index (χ0n) is 54.6. The Morgan fingerprint density at radius 2 is 0.586 bits per heavy atom. The minimum Gasteiger partial charge on any atom is -0.310 e. The third-order valence-corrected chi connectivity index (χ3v) is 20.2. The summed E-state index contributed by atoms with van der Waals surface area (Å²) >= 11 is 0. The predicted octanol–water partition coefficient (Wildman–Crippen LogP) is 24.2. The van der Waals surface area contributed by atoms with Gasteiger partial charge in [0.2, 0.25) is 5.95 Å². The molecule has 0 saturated heterocycles. The van der Waals surface area contributed by atoms with Crippen molar-refractivity contribution in [2.45, 2.75) is 19.3 Å². The minimum atomic E-state index is -0.417. The molecular weight excluding hydrogens is 1210 g/mol. The molecule has 4 aromatic heterocycles. The monoisotopic (exact) mass is 1270 g/mol. The van der Waals surface area contributed by atoms with E-state index in [9.17, 15) is 0 Å². The van der Waals surface area contributed by atoms with E-state index < -0.39 is 5.41 Å². The smallest absolute Gasteiger partial charge is 0.237 e. The van der Waals surface area contributed by atoms with E-state index in [1.807, 2.05) is 0 Å². The molecule has 99 heavy (non-hydrogen) atoms. The van der Waals surface area contributed by atoms with Gasteiger partial charge < -0.3 is 18.6 Å². The van der Waals surface area contributed by atoms with Gasteiger partial charge in [0.05, 0.1) is 38.8 Å². The summed E-state index contributed by atoms with van der Waals surface area (Å²) in [6, 6.07) is 127. The molecule has 0 fully saturated rings. The predicted molar refractivity (Wildman–Crippen MR) is 412 cm³/mol. The molecule has 8 nitrogen and oxygen atoms in total. The molecule has 0 radical (unpaired) electrons. The van der Waals surface area contributed by atoms with Gasteiger partial charge in [-0.3, -0.25) is 9.80 Å². The third kappa shape index (κ3) is 9.43. The summed E-state index contributed by atoms with van der Waals surface area (Å²) in [6.07, 6.45) is 0. The molecule has 19 rings (SSSR count). The van der Waals surface area contributed by atoms with Crippen LogP contribution in [0.5, 0.6) is 0 Å². The van der Waals surface area contributed by atoms with Crippen LogP contribution in [0.3, 0.4) is 0 Å². The van der Waals surface area contributed by atoms with Gasteiger partial charge in [-0.25, -0.2) is 4.98 Å². The van der Waals surface area contributed by atoms with E-state index in [2.05, 4.69) is 394 Å². The largest absolute Gasteiger partial charge is 0.310 e. The highest BCUT2D eigenvalue weighted by Gasteiger charge is 2.37. The molecule has 8 heteroatoms. The fraction of sp³-hybridized carbons (Fsp3) is 0.0330. The summed E-state index contributed by atoms with van der Waals surface area (Å²) in [5.41, 5.74) is 23.5. The Labute approximate surface area is 573 Å². The first-order valence-corrected chi connectivity index (χ1v) is 33.9. The van der Waals surface area contributed by atoms with Gasteiger partial charge in [-0.15, -0.1) is 0 Å². The summed E-state index contributed by atoms with van der Waals surface area (Å²) in [6.45, 7) is 4.76. The molecule has 468 valence electrons. The highest BCUT2D eigenvalue weighted by atomic mass is 15.3. The van der Waals surface area contributed by atoms with Crippen LogP contribution < -0.4 is 14.7 Å². The maximum atomic E-state index is 5.84. The lowest BCUT2D eigenvalue weighted by Gasteiger charge is -2.29. The molecule has 0 aliphatic heterocycles. The molecule has 4 heterocycles. The van der Waals surface area contributed by atoms with Crippen LogP contribution in [0.4, 0.5) is 51.6 Å². The van der Waals surface area contributed by atoms with Crippen molar-refractivity contribution in [1.82, 2.24) is 23.7 Å². The summed E-state index contributed by atoms with van der Waals surface area (Å²) in [4.78, 5) is 18.6. The van der Waals surface area contributed by atoms with Crippen LogP contribution in [0.25, 0.3) is 105 Å². The van der Waals surface area contributed by atoms with Gasteiger partial charge in [-0.05, 0) is 186 Å². The van der Waals surface area contributed by atoms with Crippen molar-refractivity contribution in [3.8, 4) is 39.4 Å². The summed E-state index contributed by atoms with van der Waals surface area (Å²) in [5, 5.41) is 7.01. The van der Waals surface area contributed by atoms with Crippen molar-refractivity contribution >= 4 is 117 Å². The van der Waals surface area contributed by atoms with Crippen molar-refractivity contribution in [2.24, 2.45) is 0 Å². The number of anilines is 9. The quantitative estimate of drug-likeness (QED) is 0.115. The van der Waals surface area contributed by atoms with Crippen molar-refractivity contribution in [2.75, 3.05) is 14.7 Å². The second-order valence-electron chi connectivity index (χ2n) is 26.2. The average Bonchev–Trinajstić information content (AvgIpc) is 1.55. The molecule has 0 atom stereocenters. The highest BCUT2D eigenvalue weighted by Crippen LogP contribution is 2.53. The van der Waals surface area contributed by atoms with Gasteiger partial charge in [-0.1, -0.05) is 196 Å². The lowest BCUT2D eigenvalue weighted by atomic mass is 9.81. The third-order valence-electron chi connectivity index (χ3n) is 20.2. The Morgan fingerprint density at radius 3 is 1.04 bits per heavy atom. The minimum absolute atomic E-state index is 0.417. The molecule has 0 saturated carbocycles. The van der Waals surface area contributed by atoms with Crippen LogP contribution in [0.2, 0.25) is 0 Å². The van der Waals surface area contributed by atoms with Crippen molar-refractivity contribution in [3.63, 3.8) is 0 Å². The SMILES string of the molecule is CC1(C)c2cc(-c3cc(N(c4ccccc4)c4ccc5c(c4)c4ccccc4n5-c4ccccc4)nc(N(c4ccccc4)c4ccc5c(c4)c4ccccc4n5-c4ccccc4)n3)ccc2-c2ccc(N(c3ccccc3)c3ccc4c(c3)c3ccccc3n4-c3ccccc3)cc21. The Balaban J connectivity index is 0.788. The molecule has 0 spiro atoms. The van der Waals surface area contributed by atoms with Gasteiger partial charge in [0.25, 0.3) is 0 Å². The Kier molecular flexibility index (Phi) is 13.4. The maximum Gasteiger partial charge on any atom is 0.237 e. The molecule has 0 unspecified atom stereocenters. The number of fused-ring (bicyclic) bond motifs is 12. The van der Waals surface area contributed by atoms with E-state index in [1.54, 1.807) is 0 Å². The topological polar surface area (TPSA) is 50.3 Å². The van der Waals surface area contributed by atoms with Crippen molar-refractivity contribution < 1.29 is 0 Å². The fourth-order valence-electron chi connectivity index (χ4n) is 15.6. The number of rotatable bonds is 13. The van der Waals surface area contributed by atoms with Crippen molar-refractivity contribution in [3.05, 3.63) is 363 Å². The molecule has 1 aliphatic rings. The van der Waals surface area contributed by atoms with Crippen LogP contribution in [0.15, 0.2) is 352 Å². The van der Waals surface area contributed by atoms with E-state index >= 15 is 0 Å². The number of hydrogen-bond donors (Lipinski definition) is 0. The Bertz CT molecular complexity index is 5920. The maximum absolute atomic E-state index is 5.84. The van der Waals surface area contributed by atoms with Crippen LogP contribution in [0.1, 0.15) is 25.0 Å². The molecule has 18 aromatic rings. The first-order valence-electron chi connectivity index (χ1n) is 33.9. The fourth-order valence-corrected chi connectivity index (χ4v) is 15.6. The van der Waals surface area contributed by atoms with Crippen LogP contribution in [-0.2, 0) is 5.41 Å². The van der Waals surface area contributed by atoms with E-state index in [-0.39, 0.29) is 0 Å². The standard InChI is InChI=1S/C91H64N8/c1-91(2)80-55-61(45-50-72(80)73-51-46-71(59-81(73)91)94(62-27-9-3-10-28-62)68-47-52-86-77(56-68)74-39-21-24-42-83(74)97(86)65-33-15-6-16-34-65)82-60-89(95(63-29-11-4-12-30-63)69-48-53-87-78(57-69)75-40-22-25-43-84(75)98(87)66-35-17-7-18-36-66)93-90(92-82)96(64-31-13-5-14-32-64)70-49-54-88-79(58-70)76-41-23-26-44-85(76)99(88)67-37-19-8-20-38-67/h3-60H,1-2H3. The van der Waals surface area contributed by atoms with E-state index in [0.29, 0.717) is 11.8 Å². The zero-order valence-corrected chi connectivity index (χ0v) is 54.6. The van der Waals surface area contributed by atoms with Gasteiger partial charge in [0.1, 0.15) is 5.82 Å².